The fourth-order valence-corrected chi connectivity index (χ4v) is 4.43. The van der Waals surface area contributed by atoms with E-state index in [0.717, 1.165) is 37.4 Å². The molecule has 2 unspecified atom stereocenters. The van der Waals surface area contributed by atoms with Gasteiger partial charge in [-0.05, 0) is 45.4 Å². The predicted molar refractivity (Wildman–Crippen MR) is 100 cm³/mol. The van der Waals surface area contributed by atoms with Crippen LogP contribution in [0.15, 0.2) is 0 Å². The van der Waals surface area contributed by atoms with Gasteiger partial charge in [0.2, 0.25) is 5.91 Å². The summed E-state index contributed by atoms with van der Waals surface area (Å²) in [4.78, 5) is 40.6. The van der Waals surface area contributed by atoms with Gasteiger partial charge in [0, 0.05) is 26.2 Å². The van der Waals surface area contributed by atoms with Gasteiger partial charge in [0.1, 0.15) is 12.1 Å². The summed E-state index contributed by atoms with van der Waals surface area (Å²) in [6.45, 7) is 8.94. The maximum absolute atomic E-state index is 12.8. The van der Waals surface area contributed by atoms with E-state index in [4.69, 9.17) is 4.74 Å². The first-order valence-electron chi connectivity index (χ1n) is 10.1. The number of morpholine rings is 1. The van der Waals surface area contributed by atoms with Crippen LogP contribution in [0.25, 0.3) is 0 Å². The third-order valence-corrected chi connectivity index (χ3v) is 5.92. The molecule has 0 bridgehead atoms. The molecule has 1 saturated carbocycles. The lowest BCUT2D eigenvalue weighted by Crippen LogP contribution is -2.50. The molecule has 0 radical (unpaired) electrons. The smallest absolute Gasteiger partial charge is 0.325 e. The van der Waals surface area contributed by atoms with Crippen LogP contribution < -0.4 is 10.6 Å². The number of imide groups is 1. The van der Waals surface area contributed by atoms with E-state index in [1.54, 1.807) is 0 Å². The van der Waals surface area contributed by atoms with Gasteiger partial charge in [-0.2, -0.15) is 0 Å². The van der Waals surface area contributed by atoms with E-state index in [9.17, 15) is 14.4 Å². The molecule has 3 rings (SSSR count). The lowest BCUT2D eigenvalue weighted by molar-refractivity contribution is -0.136. The Morgan fingerprint density at radius 1 is 1.19 bits per heavy atom. The second-order valence-corrected chi connectivity index (χ2v) is 8.45. The third-order valence-electron chi connectivity index (χ3n) is 5.92. The molecule has 2 aliphatic heterocycles. The highest BCUT2D eigenvalue weighted by atomic mass is 16.5. The van der Waals surface area contributed by atoms with Crippen LogP contribution in [0.2, 0.25) is 0 Å². The molecule has 2 N–H and O–H groups in total. The Morgan fingerprint density at radius 3 is 2.44 bits per heavy atom. The van der Waals surface area contributed by atoms with Crippen molar-refractivity contribution >= 4 is 17.8 Å². The Bertz CT molecular complexity index is 578. The summed E-state index contributed by atoms with van der Waals surface area (Å²) in [6.07, 6.45) is 3.52. The second-order valence-electron chi connectivity index (χ2n) is 8.45. The molecule has 8 heteroatoms. The number of hydrogen-bond acceptors (Lipinski definition) is 5. The van der Waals surface area contributed by atoms with Crippen LogP contribution in [0.4, 0.5) is 4.79 Å². The zero-order valence-electron chi connectivity index (χ0n) is 16.6. The number of rotatable bonds is 5. The van der Waals surface area contributed by atoms with Gasteiger partial charge in [-0.15, -0.1) is 0 Å². The van der Waals surface area contributed by atoms with Gasteiger partial charge in [0.25, 0.3) is 5.91 Å². The fourth-order valence-electron chi connectivity index (χ4n) is 4.43. The van der Waals surface area contributed by atoms with E-state index in [1.165, 1.54) is 0 Å². The van der Waals surface area contributed by atoms with Crippen LogP contribution >= 0.6 is 0 Å². The molecule has 0 aromatic carbocycles. The number of amides is 4. The third kappa shape index (κ3) is 4.60. The number of carbonyl (C=O) groups is 3. The monoisotopic (exact) mass is 380 g/mol. The van der Waals surface area contributed by atoms with E-state index in [2.05, 4.69) is 22.5 Å². The van der Waals surface area contributed by atoms with Crippen molar-refractivity contribution in [2.45, 2.75) is 64.2 Å². The lowest BCUT2D eigenvalue weighted by Gasteiger charge is -2.35. The zero-order valence-corrected chi connectivity index (χ0v) is 16.6. The number of nitrogens with one attached hydrogen (secondary N) is 2. The molecule has 1 spiro atoms. The van der Waals surface area contributed by atoms with Crippen molar-refractivity contribution in [3.8, 4) is 0 Å². The number of ether oxygens (including phenoxy) is 1. The summed E-state index contributed by atoms with van der Waals surface area (Å²) in [5.41, 5.74) is -0.788. The molecule has 1 aliphatic carbocycles. The van der Waals surface area contributed by atoms with Crippen molar-refractivity contribution < 1.29 is 19.1 Å². The molecule has 0 aromatic heterocycles. The first kappa shape index (κ1) is 20.1. The summed E-state index contributed by atoms with van der Waals surface area (Å²) in [5.74, 6) is 0.0303. The van der Waals surface area contributed by atoms with Gasteiger partial charge in [-0.25, -0.2) is 4.79 Å². The summed E-state index contributed by atoms with van der Waals surface area (Å²) < 4.78 is 5.70. The molecule has 27 heavy (non-hydrogen) atoms. The topological polar surface area (TPSA) is 91.0 Å². The molecule has 2 heterocycles. The van der Waals surface area contributed by atoms with Crippen molar-refractivity contribution in [3.05, 3.63) is 0 Å². The summed E-state index contributed by atoms with van der Waals surface area (Å²) in [5, 5.41) is 5.68. The maximum Gasteiger partial charge on any atom is 0.325 e. The van der Waals surface area contributed by atoms with E-state index in [0.29, 0.717) is 25.3 Å². The van der Waals surface area contributed by atoms with Crippen LogP contribution in [0.3, 0.4) is 0 Å². The molecular formula is C19H32N4O4. The van der Waals surface area contributed by atoms with Gasteiger partial charge in [0.05, 0.1) is 12.2 Å². The van der Waals surface area contributed by atoms with Crippen molar-refractivity contribution in [1.82, 2.24) is 20.4 Å². The zero-order chi connectivity index (χ0) is 19.6. The highest BCUT2D eigenvalue weighted by Gasteiger charge is 2.52. The molecule has 8 nitrogen and oxygen atoms in total. The first-order valence-corrected chi connectivity index (χ1v) is 10.1. The Morgan fingerprint density at radius 2 is 1.81 bits per heavy atom. The Labute approximate surface area is 161 Å². The first-order chi connectivity index (χ1) is 12.8. The molecule has 0 aromatic rings. The lowest BCUT2D eigenvalue weighted by atomic mass is 9.77. The molecule has 2 atom stereocenters. The van der Waals surface area contributed by atoms with Gasteiger partial charge < -0.3 is 15.4 Å². The van der Waals surface area contributed by atoms with Crippen LogP contribution in [-0.2, 0) is 14.3 Å². The van der Waals surface area contributed by atoms with Crippen molar-refractivity contribution in [1.29, 1.82) is 0 Å². The minimum Gasteiger partial charge on any atom is -0.373 e. The van der Waals surface area contributed by atoms with E-state index in [-0.39, 0.29) is 30.6 Å². The minimum absolute atomic E-state index is 0.185. The van der Waals surface area contributed by atoms with Crippen LogP contribution in [0, 0.1) is 5.92 Å². The Balaban J connectivity index is 1.45. The van der Waals surface area contributed by atoms with Crippen molar-refractivity contribution in [3.63, 3.8) is 0 Å². The largest absolute Gasteiger partial charge is 0.373 e. The van der Waals surface area contributed by atoms with Gasteiger partial charge in [-0.1, -0.05) is 6.92 Å². The van der Waals surface area contributed by atoms with Gasteiger partial charge in [0.15, 0.2) is 0 Å². The molecule has 4 amide bonds. The number of hydrogen-bond donors (Lipinski definition) is 2. The summed E-state index contributed by atoms with van der Waals surface area (Å²) in [7, 11) is 0. The van der Waals surface area contributed by atoms with Gasteiger partial charge in [-0.3, -0.25) is 19.4 Å². The average molecular weight is 380 g/mol. The van der Waals surface area contributed by atoms with Crippen LogP contribution in [-0.4, -0.2) is 78.1 Å². The van der Waals surface area contributed by atoms with E-state index in [1.807, 2.05) is 13.8 Å². The van der Waals surface area contributed by atoms with Crippen molar-refractivity contribution in [2.24, 2.45) is 5.92 Å². The highest BCUT2D eigenvalue weighted by molar-refractivity contribution is 6.09. The van der Waals surface area contributed by atoms with E-state index >= 15 is 0 Å². The minimum atomic E-state index is -0.788. The SMILES string of the molecule is CC1CCC2(CC1)NC(=O)N(CC(=O)NCCN1CC(C)OC(C)C1)C2=O. The number of nitrogens with zero attached hydrogens (tertiary/aromatic N) is 2. The molecule has 2 saturated heterocycles. The van der Waals surface area contributed by atoms with Gasteiger partial charge >= 0.3 is 6.03 Å². The summed E-state index contributed by atoms with van der Waals surface area (Å²) in [6, 6.07) is -0.444. The second kappa shape index (κ2) is 8.14. The van der Waals surface area contributed by atoms with Crippen LogP contribution in [0.5, 0.6) is 0 Å². The Kier molecular flexibility index (Phi) is 6.05. The van der Waals surface area contributed by atoms with Crippen LogP contribution in [0.1, 0.15) is 46.5 Å². The fraction of sp³-hybridized carbons (Fsp3) is 0.842. The summed E-state index contributed by atoms with van der Waals surface area (Å²) >= 11 is 0. The molecule has 3 fully saturated rings. The quantitative estimate of drug-likeness (QED) is 0.686. The molecule has 3 aliphatic rings. The Hall–Kier alpha value is -1.67. The standard InChI is InChI=1S/C19H32N4O4/c1-13-4-6-19(7-5-13)17(25)23(18(26)21-19)12-16(24)20-8-9-22-10-14(2)27-15(3)11-22/h13-15H,4-12H2,1-3H3,(H,20,24)(H,21,26). The number of urea groups is 1. The maximum atomic E-state index is 12.8. The molecule has 152 valence electrons. The average Bonchev–Trinajstić information content (AvgIpc) is 2.81. The highest BCUT2D eigenvalue weighted by Crippen LogP contribution is 2.36. The van der Waals surface area contributed by atoms with Crippen molar-refractivity contribution in [2.75, 3.05) is 32.7 Å². The molecular weight excluding hydrogens is 348 g/mol. The predicted octanol–water partition coefficient (Wildman–Crippen LogP) is 0.713. The normalized spacial score (nSPS) is 34.8. The van der Waals surface area contributed by atoms with E-state index < -0.39 is 11.6 Å². The number of carbonyl (C=O) groups excluding carboxylic acids is 3.